The van der Waals surface area contributed by atoms with Gasteiger partial charge in [-0.05, 0) is 165 Å². The van der Waals surface area contributed by atoms with E-state index < -0.39 is 0 Å². The van der Waals surface area contributed by atoms with Crippen molar-refractivity contribution in [2.75, 3.05) is 0 Å². The molecule has 19 aromatic rings. The maximum absolute atomic E-state index is 2.64. The molecule has 0 fully saturated rings. The van der Waals surface area contributed by atoms with Crippen molar-refractivity contribution in [2.45, 2.75) is 105 Å². The van der Waals surface area contributed by atoms with Crippen molar-refractivity contribution in [1.82, 2.24) is 17.9 Å². The molecule has 19 rings (SSSR count). The van der Waals surface area contributed by atoms with Crippen LogP contribution in [0.4, 0.5) is 0 Å². The lowest BCUT2D eigenvalue weighted by Gasteiger charge is -2.19. The maximum atomic E-state index is 2.64. The number of aromatic nitrogens is 4. The van der Waals surface area contributed by atoms with Gasteiger partial charge in [0.25, 0.3) is 0 Å². The van der Waals surface area contributed by atoms with Crippen LogP contribution in [-0.2, 0) is 21.7 Å². The highest BCUT2D eigenvalue weighted by Crippen LogP contribution is 2.53. The highest BCUT2D eigenvalue weighted by Gasteiger charge is 2.30. The monoisotopic (exact) mass is 1170 g/mol. The molecule has 0 amide bonds. The first kappa shape index (κ1) is 51.1. The van der Waals surface area contributed by atoms with Crippen LogP contribution in [0.25, 0.3) is 172 Å². The first-order chi connectivity index (χ1) is 42.2. The third-order valence-corrected chi connectivity index (χ3v) is 22.6. The highest BCUT2D eigenvalue weighted by atomic mass is 32.1. The van der Waals surface area contributed by atoms with E-state index in [-0.39, 0.29) is 21.7 Å². The van der Waals surface area contributed by atoms with Crippen LogP contribution in [0, 0.1) is 0 Å². The molecule has 0 spiro atoms. The van der Waals surface area contributed by atoms with Gasteiger partial charge in [0.15, 0.2) is 0 Å². The van der Waals surface area contributed by atoms with Gasteiger partial charge in [0.2, 0.25) is 0 Å². The van der Waals surface area contributed by atoms with Gasteiger partial charge in [-0.1, -0.05) is 144 Å². The molecule has 11 aromatic carbocycles. The smallest absolute Gasteiger partial charge is 0.0627 e. The number of benzene rings is 11. The second-order valence-electron chi connectivity index (χ2n) is 29.8. The molecule has 6 heteroatoms. The van der Waals surface area contributed by atoms with Gasteiger partial charge in [-0.3, -0.25) is 0 Å². The van der Waals surface area contributed by atoms with Gasteiger partial charge >= 0.3 is 0 Å². The van der Waals surface area contributed by atoms with E-state index in [9.17, 15) is 0 Å². The zero-order valence-electron chi connectivity index (χ0n) is 51.9. The molecule has 0 atom stereocenters. The Morgan fingerprint density at radius 2 is 0.557 bits per heavy atom. The van der Waals surface area contributed by atoms with Crippen LogP contribution in [0.15, 0.2) is 182 Å². The van der Waals surface area contributed by atoms with Crippen molar-refractivity contribution in [3.8, 4) is 11.4 Å². The van der Waals surface area contributed by atoms with E-state index in [1.54, 1.807) is 0 Å². The predicted molar refractivity (Wildman–Crippen MR) is 385 cm³/mol. The summed E-state index contributed by atoms with van der Waals surface area (Å²) in [6, 6.07) is 71.8. The fraction of sp³-hybridized carbons (Fsp3) is 0.195. The van der Waals surface area contributed by atoms with Crippen LogP contribution in [0.1, 0.15) is 105 Å². The maximum Gasteiger partial charge on any atom is 0.0627 e. The number of rotatable bonds is 2. The van der Waals surface area contributed by atoms with Crippen molar-refractivity contribution >= 4 is 183 Å². The minimum absolute atomic E-state index is 0.0185. The molecule has 0 N–H and O–H groups in total. The Kier molecular flexibility index (Phi) is 9.65. The van der Waals surface area contributed by atoms with Gasteiger partial charge in [-0.25, -0.2) is 0 Å². The summed E-state index contributed by atoms with van der Waals surface area (Å²) in [6.45, 7) is 27.9. The summed E-state index contributed by atoms with van der Waals surface area (Å²) in [7, 11) is 0. The van der Waals surface area contributed by atoms with Crippen LogP contribution in [0.3, 0.4) is 0 Å². The molecule has 0 saturated heterocycles. The SMILES string of the molecule is CC(C)(C)c1ccc2c(c1)c1cc(C(C)(C)C)ccc1n2-c1ccc2c(c1)c1c3c(cc4c5cc6c(cc5n2c41)c1cc2sc4ccccc4c2c2c4cc(-n5c7ccc(C(C)(C)C)cc7c7cc(C(C)(C)C)ccc75)ccc4n6c12)sc1ccccc13. The number of thiophene rings is 2. The third kappa shape index (κ3) is 6.64. The Labute approximate surface area is 517 Å². The standard InChI is InChI=1S/C82H66N4S2/c1-79(2,3)43-21-27-61-51(33-43)52-34-44(80(4,5)6)22-28-62(52)83(61)47-25-31-65-59(37-47)75-73-49-17-13-15-19-69(49)87-71(73)41-57-55-40-68-56(39-67(55)85(65)77(57)75)58-42-72-74(50-18-14-16-20-70(50)88-72)76-60-38-48(26-32-66(60)86(68)78(58)76)84-63-29-23-45(81(7,8)9)35-53(63)54-36-46(82(10,11)12)24-30-64(54)84/h13-42H,1-12H3. The molecular formula is C82H66N4S2. The molecular weight excluding hydrogens is 1110 g/mol. The summed E-state index contributed by atoms with van der Waals surface area (Å²) in [5.41, 5.74) is 20.4. The Morgan fingerprint density at radius 3 is 0.898 bits per heavy atom. The average Bonchev–Trinajstić information content (AvgIpc) is 1.54. The quantitative estimate of drug-likeness (QED) is 0.164. The Bertz CT molecular complexity index is 5800. The van der Waals surface area contributed by atoms with Crippen LogP contribution in [0.2, 0.25) is 0 Å². The number of hydrogen-bond donors (Lipinski definition) is 0. The fourth-order valence-electron chi connectivity index (χ4n) is 15.9. The van der Waals surface area contributed by atoms with E-state index in [4.69, 9.17) is 0 Å². The normalized spacial score (nSPS) is 13.7. The van der Waals surface area contributed by atoms with Gasteiger partial charge in [0.05, 0.1) is 55.2 Å². The van der Waals surface area contributed by atoms with Gasteiger partial charge in [-0.2, -0.15) is 0 Å². The number of hydrogen-bond acceptors (Lipinski definition) is 2. The largest absolute Gasteiger partial charge is 0.309 e. The molecule has 0 aliphatic carbocycles. The molecule has 0 aliphatic rings. The van der Waals surface area contributed by atoms with E-state index in [0.29, 0.717) is 0 Å². The van der Waals surface area contributed by atoms with Crippen molar-refractivity contribution < 1.29 is 0 Å². The van der Waals surface area contributed by atoms with Crippen molar-refractivity contribution in [1.29, 1.82) is 0 Å². The number of nitrogens with zero attached hydrogens (tertiary/aromatic N) is 4. The summed E-state index contributed by atoms with van der Waals surface area (Å²) >= 11 is 3.86. The predicted octanol–water partition coefficient (Wildman–Crippen LogP) is 24.1. The summed E-state index contributed by atoms with van der Waals surface area (Å²) in [6.07, 6.45) is 0. The van der Waals surface area contributed by atoms with E-state index in [0.717, 1.165) is 0 Å². The highest BCUT2D eigenvalue weighted by molar-refractivity contribution is 7.26. The lowest BCUT2D eigenvalue weighted by atomic mass is 9.85. The fourth-order valence-corrected chi connectivity index (χ4v) is 18.2. The van der Waals surface area contributed by atoms with Gasteiger partial charge in [0.1, 0.15) is 0 Å². The minimum Gasteiger partial charge on any atom is -0.309 e. The second kappa shape index (κ2) is 16.6. The van der Waals surface area contributed by atoms with Crippen molar-refractivity contribution in [3.05, 3.63) is 204 Å². The second-order valence-corrected chi connectivity index (χ2v) is 32.0. The molecule has 4 nitrogen and oxygen atoms in total. The van der Waals surface area contributed by atoms with Crippen LogP contribution >= 0.6 is 22.7 Å². The number of fused-ring (bicyclic) bond motifs is 26. The van der Waals surface area contributed by atoms with Crippen LogP contribution < -0.4 is 0 Å². The van der Waals surface area contributed by atoms with Gasteiger partial charge in [0, 0.05) is 116 Å². The van der Waals surface area contributed by atoms with Crippen molar-refractivity contribution in [3.63, 3.8) is 0 Å². The lowest BCUT2D eigenvalue weighted by Crippen LogP contribution is -2.10. The lowest BCUT2D eigenvalue weighted by molar-refractivity contribution is 0.590. The third-order valence-electron chi connectivity index (χ3n) is 20.4. The van der Waals surface area contributed by atoms with E-state index >= 15 is 0 Å². The van der Waals surface area contributed by atoms with E-state index in [1.807, 2.05) is 22.7 Å². The van der Waals surface area contributed by atoms with Gasteiger partial charge in [-0.15, -0.1) is 22.7 Å². The zero-order chi connectivity index (χ0) is 59.7. The van der Waals surface area contributed by atoms with E-state index in [2.05, 4.69) is 283 Å². The average molecular weight is 1170 g/mol. The molecule has 88 heavy (non-hydrogen) atoms. The Hall–Kier alpha value is -8.94. The summed E-state index contributed by atoms with van der Waals surface area (Å²) in [4.78, 5) is 0. The molecule has 8 aromatic heterocycles. The first-order valence-corrected chi connectivity index (χ1v) is 33.0. The summed E-state index contributed by atoms with van der Waals surface area (Å²) in [5, 5.41) is 21.0. The van der Waals surface area contributed by atoms with E-state index in [1.165, 1.54) is 194 Å². The Balaban J connectivity index is 0.906. The molecule has 0 saturated carbocycles. The topological polar surface area (TPSA) is 18.7 Å². The first-order valence-electron chi connectivity index (χ1n) is 31.4. The molecule has 0 aliphatic heterocycles. The van der Waals surface area contributed by atoms with Crippen LogP contribution in [0.5, 0.6) is 0 Å². The van der Waals surface area contributed by atoms with Crippen molar-refractivity contribution in [2.24, 2.45) is 0 Å². The summed E-state index contributed by atoms with van der Waals surface area (Å²) < 4.78 is 15.6. The summed E-state index contributed by atoms with van der Waals surface area (Å²) in [5.74, 6) is 0. The molecule has 8 heterocycles. The molecule has 0 bridgehead atoms. The minimum atomic E-state index is 0.0185. The molecule has 0 radical (unpaired) electrons. The molecule has 0 unspecified atom stereocenters. The van der Waals surface area contributed by atoms with Gasteiger partial charge < -0.3 is 17.9 Å². The zero-order valence-corrected chi connectivity index (χ0v) is 53.6. The Morgan fingerprint density at radius 1 is 0.239 bits per heavy atom. The molecule has 426 valence electrons. The van der Waals surface area contributed by atoms with Crippen LogP contribution in [-0.4, -0.2) is 17.9 Å².